The van der Waals surface area contributed by atoms with Crippen molar-refractivity contribution < 1.29 is 22.7 Å². The molecule has 0 aliphatic carbocycles. The van der Waals surface area contributed by atoms with Crippen LogP contribution >= 0.6 is 11.6 Å². The molecule has 0 spiro atoms. The van der Waals surface area contributed by atoms with Gasteiger partial charge in [-0.15, -0.1) is 0 Å². The average molecular weight is 473 g/mol. The van der Waals surface area contributed by atoms with Crippen LogP contribution in [0.4, 0.5) is 19.0 Å². The quantitative estimate of drug-likeness (QED) is 0.394. The second-order valence-electron chi connectivity index (χ2n) is 6.91. The molecule has 0 unspecified atom stereocenters. The molecule has 168 valence electrons. The smallest absolute Gasteiger partial charge is 0.417 e. The lowest BCUT2D eigenvalue weighted by atomic mass is 10.1. The Hall–Kier alpha value is -3.85. The molecule has 33 heavy (non-hydrogen) atoms. The van der Waals surface area contributed by atoms with Crippen molar-refractivity contribution >= 4 is 23.3 Å². The summed E-state index contributed by atoms with van der Waals surface area (Å²) in [6.45, 7) is 0. The Morgan fingerprint density at radius 1 is 1.06 bits per heavy atom. The Morgan fingerprint density at radius 2 is 1.79 bits per heavy atom. The molecule has 2 aromatic carbocycles. The van der Waals surface area contributed by atoms with Gasteiger partial charge in [-0.05, 0) is 35.9 Å². The Morgan fingerprint density at radius 3 is 2.45 bits per heavy atom. The van der Waals surface area contributed by atoms with Crippen molar-refractivity contribution in [1.29, 1.82) is 0 Å². The van der Waals surface area contributed by atoms with Crippen molar-refractivity contribution in [2.75, 3.05) is 12.4 Å². The molecule has 0 saturated heterocycles. The van der Waals surface area contributed by atoms with Crippen LogP contribution < -0.4 is 10.1 Å². The molecule has 0 aliphatic rings. The Balaban J connectivity index is 1.66. The van der Waals surface area contributed by atoms with Crippen LogP contribution in [0.2, 0.25) is 5.02 Å². The van der Waals surface area contributed by atoms with Crippen LogP contribution in [-0.2, 0) is 6.18 Å². The number of ether oxygens (including phenoxy) is 1. The van der Waals surface area contributed by atoms with E-state index in [0.29, 0.717) is 21.8 Å². The predicted octanol–water partition coefficient (Wildman–Crippen LogP) is 5.87. The van der Waals surface area contributed by atoms with E-state index in [4.69, 9.17) is 16.3 Å². The molecule has 0 aliphatic heterocycles. The number of anilines is 1. The van der Waals surface area contributed by atoms with Gasteiger partial charge in [0.1, 0.15) is 12.1 Å². The first-order valence-corrected chi connectivity index (χ1v) is 9.96. The van der Waals surface area contributed by atoms with E-state index in [2.05, 4.69) is 15.3 Å². The van der Waals surface area contributed by atoms with Gasteiger partial charge in [0.2, 0.25) is 5.88 Å². The minimum atomic E-state index is -4.53. The number of hydrogen-bond donors (Lipinski definition) is 1. The summed E-state index contributed by atoms with van der Waals surface area (Å²) in [6, 6.07) is 15.3. The van der Waals surface area contributed by atoms with Gasteiger partial charge in [-0.1, -0.05) is 35.9 Å². The zero-order valence-corrected chi connectivity index (χ0v) is 17.9. The average Bonchev–Trinajstić information content (AvgIpc) is 3.25. The van der Waals surface area contributed by atoms with Crippen molar-refractivity contribution in [1.82, 2.24) is 14.5 Å². The molecule has 0 bridgehead atoms. The van der Waals surface area contributed by atoms with E-state index in [0.717, 1.165) is 12.3 Å². The van der Waals surface area contributed by atoms with Crippen LogP contribution in [0.5, 0.6) is 5.88 Å². The molecule has 2 aromatic heterocycles. The Kier molecular flexibility index (Phi) is 6.06. The lowest BCUT2D eigenvalue weighted by Gasteiger charge is -2.12. The van der Waals surface area contributed by atoms with Crippen molar-refractivity contribution in [2.24, 2.45) is 0 Å². The van der Waals surface area contributed by atoms with Gasteiger partial charge in [-0.25, -0.2) is 9.97 Å². The molecular formula is C23H16ClF3N4O2. The fourth-order valence-corrected chi connectivity index (χ4v) is 3.41. The Bertz CT molecular complexity index is 1300. The maximum absolute atomic E-state index is 13.4. The molecule has 1 N–H and O–H groups in total. The maximum atomic E-state index is 13.4. The summed E-state index contributed by atoms with van der Waals surface area (Å²) in [5, 5.41) is 2.92. The highest BCUT2D eigenvalue weighted by molar-refractivity contribution is 6.32. The van der Waals surface area contributed by atoms with E-state index in [-0.39, 0.29) is 17.4 Å². The second kappa shape index (κ2) is 8.95. The summed E-state index contributed by atoms with van der Waals surface area (Å²) >= 11 is 6.23. The highest BCUT2D eigenvalue weighted by Gasteiger charge is 2.33. The molecule has 4 aromatic rings. The topological polar surface area (TPSA) is 69.0 Å². The first kappa shape index (κ1) is 22.3. The van der Waals surface area contributed by atoms with E-state index < -0.39 is 17.6 Å². The number of methoxy groups -OCH3 is 1. The zero-order valence-electron chi connectivity index (χ0n) is 17.1. The molecule has 4 rings (SSSR count). The molecule has 2 heterocycles. The van der Waals surface area contributed by atoms with Gasteiger partial charge in [0.05, 0.1) is 29.1 Å². The van der Waals surface area contributed by atoms with Gasteiger partial charge in [0.15, 0.2) is 0 Å². The predicted molar refractivity (Wildman–Crippen MR) is 118 cm³/mol. The number of nitrogens with zero attached hydrogens (tertiary/aromatic N) is 3. The number of aromatic nitrogens is 3. The van der Waals surface area contributed by atoms with Crippen molar-refractivity contribution in [3.8, 4) is 22.8 Å². The maximum Gasteiger partial charge on any atom is 0.417 e. The van der Waals surface area contributed by atoms with Crippen molar-refractivity contribution in [3.05, 3.63) is 89.3 Å². The summed E-state index contributed by atoms with van der Waals surface area (Å²) < 4.78 is 46.7. The van der Waals surface area contributed by atoms with E-state index in [1.165, 1.54) is 36.2 Å². The highest BCUT2D eigenvalue weighted by Crippen LogP contribution is 2.36. The molecular weight excluding hydrogens is 457 g/mol. The first-order chi connectivity index (χ1) is 15.8. The third-order valence-corrected chi connectivity index (χ3v) is 5.11. The summed E-state index contributed by atoms with van der Waals surface area (Å²) in [5.41, 5.74) is 0.651. The van der Waals surface area contributed by atoms with Gasteiger partial charge < -0.3 is 14.6 Å². The number of rotatable bonds is 5. The van der Waals surface area contributed by atoms with Gasteiger partial charge in [-0.2, -0.15) is 13.2 Å². The highest BCUT2D eigenvalue weighted by atomic mass is 35.5. The lowest BCUT2D eigenvalue weighted by molar-refractivity contribution is -0.137. The van der Waals surface area contributed by atoms with Crippen LogP contribution in [0.1, 0.15) is 15.9 Å². The number of amides is 1. The fourth-order valence-electron chi connectivity index (χ4n) is 3.19. The van der Waals surface area contributed by atoms with E-state index in [9.17, 15) is 18.0 Å². The number of hydrogen-bond acceptors (Lipinski definition) is 4. The number of halogens is 4. The fraction of sp³-hybridized carbons (Fsp3) is 0.0870. The third kappa shape index (κ3) is 4.83. The standard InChI is InChI=1S/C23H16ClF3N4O2/c1-33-21-11-20(28-13-29-21)30-22(32)15-8-6-14(7-9-15)19-10-16(23(25,26)27)12-31(19)18-5-3-2-4-17(18)24/h2-13H,1H3,(H,28,29,30,32). The van der Waals surface area contributed by atoms with Crippen LogP contribution in [0, 0.1) is 0 Å². The number of carbonyl (C=O) groups is 1. The van der Waals surface area contributed by atoms with Crippen molar-refractivity contribution in [2.45, 2.75) is 6.18 Å². The van der Waals surface area contributed by atoms with Crippen molar-refractivity contribution in [3.63, 3.8) is 0 Å². The lowest BCUT2D eigenvalue weighted by Crippen LogP contribution is -2.13. The number of carbonyl (C=O) groups excluding carboxylic acids is 1. The number of benzene rings is 2. The molecule has 0 atom stereocenters. The third-order valence-electron chi connectivity index (χ3n) is 4.79. The van der Waals surface area contributed by atoms with Gasteiger partial charge >= 0.3 is 6.18 Å². The zero-order chi connectivity index (χ0) is 23.6. The van der Waals surface area contributed by atoms with Gasteiger partial charge in [0.25, 0.3) is 5.91 Å². The number of nitrogens with one attached hydrogen (secondary N) is 1. The second-order valence-corrected chi connectivity index (χ2v) is 7.32. The summed E-state index contributed by atoms with van der Waals surface area (Å²) in [6.07, 6.45) is -2.28. The summed E-state index contributed by atoms with van der Waals surface area (Å²) in [7, 11) is 1.44. The number of alkyl halides is 3. The SMILES string of the molecule is COc1cc(NC(=O)c2ccc(-c3cc(C(F)(F)F)cn3-c3ccccc3Cl)cc2)ncn1. The van der Waals surface area contributed by atoms with Crippen LogP contribution in [0.15, 0.2) is 73.2 Å². The molecule has 6 nitrogen and oxygen atoms in total. The monoisotopic (exact) mass is 472 g/mol. The number of para-hydroxylation sites is 1. The largest absolute Gasteiger partial charge is 0.481 e. The first-order valence-electron chi connectivity index (χ1n) is 9.58. The molecule has 1 amide bonds. The van der Waals surface area contributed by atoms with E-state index >= 15 is 0 Å². The summed E-state index contributed by atoms with van der Waals surface area (Å²) in [5.74, 6) is 0.0922. The van der Waals surface area contributed by atoms with E-state index in [1.807, 2.05) is 0 Å². The van der Waals surface area contributed by atoms with Crippen LogP contribution in [0.25, 0.3) is 16.9 Å². The van der Waals surface area contributed by atoms with E-state index in [1.54, 1.807) is 36.4 Å². The molecule has 0 fully saturated rings. The molecule has 10 heteroatoms. The minimum absolute atomic E-state index is 0.248. The molecule has 0 radical (unpaired) electrons. The van der Waals surface area contributed by atoms with Crippen LogP contribution in [0.3, 0.4) is 0 Å². The normalized spacial score (nSPS) is 11.3. The van der Waals surface area contributed by atoms with Gasteiger partial charge in [0, 0.05) is 17.8 Å². The molecule has 0 saturated carbocycles. The minimum Gasteiger partial charge on any atom is -0.481 e. The summed E-state index contributed by atoms with van der Waals surface area (Å²) in [4.78, 5) is 20.4. The van der Waals surface area contributed by atoms with Crippen LogP contribution in [-0.4, -0.2) is 27.6 Å². The van der Waals surface area contributed by atoms with Gasteiger partial charge in [-0.3, -0.25) is 4.79 Å². The Labute approximate surface area is 191 Å².